The van der Waals surface area contributed by atoms with Crippen molar-refractivity contribution in [2.45, 2.75) is 83.6 Å². The number of rotatable bonds is 8. The molecule has 0 unspecified atom stereocenters. The van der Waals surface area contributed by atoms with E-state index in [0.29, 0.717) is 0 Å². The Morgan fingerprint density at radius 1 is 0.840 bits per heavy atom. The number of aliphatic hydroxyl groups is 3. The fraction of sp³-hybridized carbons (Fsp3) is 0.500. The van der Waals surface area contributed by atoms with Crippen molar-refractivity contribution < 1.29 is 58.2 Å². The van der Waals surface area contributed by atoms with Crippen LogP contribution in [0.5, 0.6) is 0 Å². The number of carbonyl (C=O) groups is 5. The fourth-order valence-corrected chi connectivity index (χ4v) is 8.97. The Kier molecular flexibility index (Phi) is 9.87. The summed E-state index contributed by atoms with van der Waals surface area (Å²) in [5.74, 6) is -6.77. The van der Waals surface area contributed by atoms with Gasteiger partial charge in [-0.1, -0.05) is 56.3 Å². The molecule has 3 aliphatic rings. The SMILES string of the molecule is C=C[C@@]1(C)C[C@@H](OC(=O)c2ccccc2)[C@@H]2[C@](O)(C1=O)[C@H](OC(C)=O)C[C@H]1C(C)(C)[C@H](OC(C)=O)[C@H](O)[C@H](OC(=O)c3ccccc3)[C@]21CO. The number of carbonyl (C=O) groups excluding carboxylic acids is 5. The van der Waals surface area contributed by atoms with Crippen molar-refractivity contribution >= 4 is 29.7 Å². The van der Waals surface area contributed by atoms with E-state index in [1.807, 2.05) is 0 Å². The minimum Gasteiger partial charge on any atom is -0.459 e. The second kappa shape index (κ2) is 13.4. The molecule has 12 nitrogen and oxygen atoms in total. The summed E-state index contributed by atoms with van der Waals surface area (Å²) in [5.41, 5.74) is -7.22. The van der Waals surface area contributed by atoms with E-state index in [1.54, 1.807) is 50.2 Å². The number of Topliss-reactive ketones (excluding diaryl/α,β-unsaturated/α-hetero) is 1. The van der Waals surface area contributed by atoms with Crippen LogP contribution >= 0.6 is 0 Å². The number of hydrogen-bond acceptors (Lipinski definition) is 12. The van der Waals surface area contributed by atoms with Crippen molar-refractivity contribution in [1.82, 2.24) is 0 Å². The first kappa shape index (κ1) is 36.9. The average Bonchev–Trinajstić information content (AvgIpc) is 3.08. The van der Waals surface area contributed by atoms with Gasteiger partial charge in [-0.15, -0.1) is 6.58 Å². The number of ether oxygens (including phenoxy) is 4. The maximum atomic E-state index is 14.7. The van der Waals surface area contributed by atoms with E-state index in [9.17, 15) is 39.3 Å². The summed E-state index contributed by atoms with van der Waals surface area (Å²) in [7, 11) is 0. The van der Waals surface area contributed by atoms with Crippen molar-refractivity contribution in [2.75, 3.05) is 6.61 Å². The molecule has 3 aliphatic carbocycles. The Hall–Kier alpha value is -4.39. The van der Waals surface area contributed by atoms with Gasteiger partial charge in [-0.2, -0.15) is 0 Å². The second-order valence-corrected chi connectivity index (χ2v) is 14.5. The Morgan fingerprint density at radius 3 is 1.84 bits per heavy atom. The van der Waals surface area contributed by atoms with Crippen molar-refractivity contribution in [3.63, 3.8) is 0 Å². The van der Waals surface area contributed by atoms with Gasteiger partial charge in [-0.05, 0) is 43.5 Å². The lowest BCUT2D eigenvalue weighted by Crippen LogP contribution is -2.82. The molecule has 0 amide bonds. The number of benzene rings is 2. The molecular formula is C38H44O12. The predicted molar refractivity (Wildman–Crippen MR) is 176 cm³/mol. The Bertz CT molecular complexity index is 1660. The number of fused-ring (bicyclic) bond motifs is 3. The highest BCUT2D eigenvalue weighted by Crippen LogP contribution is 2.67. The summed E-state index contributed by atoms with van der Waals surface area (Å²) in [6, 6.07) is 15.8. The first-order valence-electron chi connectivity index (χ1n) is 16.5. The molecule has 268 valence electrons. The number of ketones is 1. The van der Waals surface area contributed by atoms with Gasteiger partial charge in [0, 0.05) is 37.0 Å². The van der Waals surface area contributed by atoms with Gasteiger partial charge >= 0.3 is 23.9 Å². The Labute approximate surface area is 290 Å². The van der Waals surface area contributed by atoms with Crippen LogP contribution in [0.15, 0.2) is 73.3 Å². The summed E-state index contributed by atoms with van der Waals surface area (Å²) >= 11 is 0. The zero-order chi connectivity index (χ0) is 36.8. The minimum absolute atomic E-state index is 0.0908. The van der Waals surface area contributed by atoms with Crippen LogP contribution in [-0.2, 0) is 33.3 Å². The van der Waals surface area contributed by atoms with Crippen LogP contribution in [0.25, 0.3) is 0 Å². The van der Waals surface area contributed by atoms with Gasteiger partial charge in [0.2, 0.25) is 0 Å². The standard InChI is InChI=1S/C38H44O12/c1-7-36(6)19-25(49-32(43)23-14-10-8-11-15-23)29-37(20-39)26(18-27(47-21(2)40)38(29,46)34(36)45)35(4,5)30(48-22(3)41)28(42)31(37)50-33(44)24-16-12-9-13-17-24/h7-17,25-31,39,42,46H,1,18-20H2,2-6H3/t25-,26+,27-,28+,29+,30-,31+,36+,37+,38+/m1/s1. The van der Waals surface area contributed by atoms with Crippen LogP contribution in [0.3, 0.4) is 0 Å². The van der Waals surface area contributed by atoms with E-state index >= 15 is 0 Å². The van der Waals surface area contributed by atoms with E-state index in [1.165, 1.54) is 37.3 Å². The first-order chi connectivity index (χ1) is 23.5. The van der Waals surface area contributed by atoms with Crippen LogP contribution in [0.4, 0.5) is 0 Å². The maximum Gasteiger partial charge on any atom is 0.338 e. The molecule has 2 aromatic carbocycles. The molecule has 12 heteroatoms. The molecule has 0 spiro atoms. The summed E-state index contributed by atoms with van der Waals surface area (Å²) in [6.07, 6.45) is -7.10. The predicted octanol–water partition coefficient (Wildman–Crippen LogP) is 3.21. The van der Waals surface area contributed by atoms with Gasteiger partial charge in [0.05, 0.1) is 23.1 Å². The lowest BCUT2D eigenvalue weighted by molar-refractivity contribution is -0.324. The van der Waals surface area contributed by atoms with Crippen molar-refractivity contribution in [3.05, 3.63) is 84.4 Å². The van der Waals surface area contributed by atoms with Crippen LogP contribution in [0.1, 0.15) is 68.2 Å². The summed E-state index contributed by atoms with van der Waals surface area (Å²) < 4.78 is 23.7. The van der Waals surface area contributed by atoms with E-state index in [4.69, 9.17) is 18.9 Å². The number of esters is 4. The first-order valence-corrected chi connectivity index (χ1v) is 16.5. The summed E-state index contributed by atoms with van der Waals surface area (Å²) in [4.78, 5) is 67.3. The Balaban J connectivity index is 1.80. The molecule has 10 atom stereocenters. The van der Waals surface area contributed by atoms with E-state index in [0.717, 1.165) is 13.8 Å². The largest absolute Gasteiger partial charge is 0.459 e. The zero-order valence-electron chi connectivity index (χ0n) is 28.7. The molecule has 2 aromatic rings. The third kappa shape index (κ3) is 5.82. The van der Waals surface area contributed by atoms with Gasteiger partial charge in [-0.3, -0.25) is 14.4 Å². The molecular weight excluding hydrogens is 648 g/mol. The van der Waals surface area contributed by atoms with E-state index < -0.39 is 100 Å². The maximum absolute atomic E-state index is 14.7. The zero-order valence-corrected chi connectivity index (χ0v) is 28.7. The topological polar surface area (TPSA) is 183 Å². The van der Waals surface area contributed by atoms with Crippen molar-refractivity contribution in [2.24, 2.45) is 28.1 Å². The minimum atomic E-state index is -2.67. The molecule has 3 saturated carbocycles. The van der Waals surface area contributed by atoms with Gasteiger partial charge in [0.15, 0.2) is 11.4 Å². The number of aliphatic hydroxyl groups excluding tert-OH is 2. The van der Waals surface area contributed by atoms with Crippen molar-refractivity contribution in [3.8, 4) is 0 Å². The van der Waals surface area contributed by atoms with E-state index in [2.05, 4.69) is 6.58 Å². The highest BCUT2D eigenvalue weighted by Gasteiger charge is 2.79. The van der Waals surface area contributed by atoms with Gasteiger partial charge in [-0.25, -0.2) is 9.59 Å². The number of allylic oxidation sites excluding steroid dienone is 1. The molecule has 50 heavy (non-hydrogen) atoms. The average molecular weight is 693 g/mol. The molecule has 3 fully saturated rings. The second-order valence-electron chi connectivity index (χ2n) is 14.5. The third-order valence-corrected chi connectivity index (χ3v) is 11.1. The monoisotopic (exact) mass is 692 g/mol. The normalized spacial score (nSPS) is 35.8. The van der Waals surface area contributed by atoms with Crippen molar-refractivity contribution in [1.29, 1.82) is 0 Å². The van der Waals surface area contributed by atoms with Crippen LogP contribution in [0, 0.1) is 28.1 Å². The highest BCUT2D eigenvalue weighted by molar-refractivity contribution is 5.97. The molecule has 0 saturated heterocycles. The molecule has 0 bridgehead atoms. The van der Waals surface area contributed by atoms with Crippen LogP contribution in [0.2, 0.25) is 0 Å². The molecule has 0 aliphatic heterocycles. The van der Waals surface area contributed by atoms with Crippen LogP contribution in [-0.4, -0.2) is 87.7 Å². The van der Waals surface area contributed by atoms with E-state index in [-0.39, 0.29) is 24.0 Å². The lowest BCUT2D eigenvalue weighted by Gasteiger charge is -2.69. The fourth-order valence-electron chi connectivity index (χ4n) is 8.97. The van der Waals surface area contributed by atoms with Crippen LogP contribution < -0.4 is 0 Å². The van der Waals surface area contributed by atoms with Gasteiger partial charge in [0.1, 0.15) is 30.5 Å². The third-order valence-electron chi connectivity index (χ3n) is 11.1. The number of hydrogen-bond donors (Lipinski definition) is 3. The Morgan fingerprint density at radius 2 is 1.36 bits per heavy atom. The molecule has 0 heterocycles. The smallest absolute Gasteiger partial charge is 0.338 e. The molecule has 5 rings (SSSR count). The summed E-state index contributed by atoms with van der Waals surface area (Å²) in [5, 5.41) is 36.8. The van der Waals surface area contributed by atoms with Gasteiger partial charge in [0.25, 0.3) is 0 Å². The highest BCUT2D eigenvalue weighted by atomic mass is 16.6. The molecule has 0 radical (unpaired) electrons. The quantitative estimate of drug-likeness (QED) is 0.209. The van der Waals surface area contributed by atoms with Gasteiger partial charge < -0.3 is 34.3 Å². The summed E-state index contributed by atoms with van der Waals surface area (Å²) in [6.45, 7) is 10.0. The molecule has 3 N–H and O–H groups in total. The molecule has 0 aromatic heterocycles. The lowest BCUT2D eigenvalue weighted by atomic mass is 9.38.